The summed E-state index contributed by atoms with van der Waals surface area (Å²) in [6.45, 7) is 4.79. The molecule has 6 heteroatoms. The van der Waals surface area contributed by atoms with Gasteiger partial charge in [0.05, 0.1) is 12.7 Å². The van der Waals surface area contributed by atoms with Crippen LogP contribution in [0, 0.1) is 5.92 Å². The fourth-order valence-electron chi connectivity index (χ4n) is 1.82. The molecule has 0 aliphatic carbocycles. The second-order valence-corrected chi connectivity index (χ2v) is 4.41. The van der Waals surface area contributed by atoms with Crippen LogP contribution in [0.3, 0.4) is 0 Å². The van der Waals surface area contributed by atoms with Crippen molar-refractivity contribution < 1.29 is 0 Å². The molecule has 0 saturated heterocycles. The van der Waals surface area contributed by atoms with Crippen molar-refractivity contribution in [2.45, 2.75) is 26.4 Å². The second-order valence-electron chi connectivity index (χ2n) is 4.41. The van der Waals surface area contributed by atoms with Gasteiger partial charge in [-0.1, -0.05) is 13.8 Å². The van der Waals surface area contributed by atoms with Gasteiger partial charge >= 0.3 is 5.69 Å². The SMILES string of the molecule is CNC(Cn1nc2cnccn2c1=O)C(C)C. The lowest BCUT2D eigenvalue weighted by Gasteiger charge is -2.19. The minimum absolute atomic E-state index is 0.122. The van der Waals surface area contributed by atoms with Crippen LogP contribution in [0.15, 0.2) is 23.4 Å². The van der Waals surface area contributed by atoms with Gasteiger partial charge in [-0.2, -0.15) is 0 Å². The van der Waals surface area contributed by atoms with Gasteiger partial charge in [0.1, 0.15) is 0 Å². The summed E-state index contributed by atoms with van der Waals surface area (Å²) in [4.78, 5) is 16.0. The molecule has 1 atom stereocenters. The molecule has 0 saturated carbocycles. The highest BCUT2D eigenvalue weighted by Gasteiger charge is 2.15. The van der Waals surface area contributed by atoms with Crippen LogP contribution in [0.25, 0.3) is 5.65 Å². The molecule has 0 radical (unpaired) electrons. The van der Waals surface area contributed by atoms with E-state index in [1.807, 2.05) is 7.05 Å². The van der Waals surface area contributed by atoms with Crippen molar-refractivity contribution in [1.82, 2.24) is 24.5 Å². The second kappa shape index (κ2) is 4.67. The Labute approximate surface area is 99.3 Å². The Morgan fingerprint density at radius 1 is 1.47 bits per heavy atom. The first-order chi connectivity index (χ1) is 8.13. The van der Waals surface area contributed by atoms with E-state index in [4.69, 9.17) is 0 Å². The Bertz CT molecular complexity index is 556. The first kappa shape index (κ1) is 11.8. The Morgan fingerprint density at radius 2 is 2.24 bits per heavy atom. The minimum Gasteiger partial charge on any atom is -0.315 e. The molecule has 0 bridgehead atoms. The zero-order valence-electron chi connectivity index (χ0n) is 10.3. The normalized spacial score (nSPS) is 13.4. The van der Waals surface area contributed by atoms with Crippen LogP contribution < -0.4 is 11.0 Å². The van der Waals surface area contributed by atoms with Crippen LogP contribution in [-0.4, -0.2) is 32.3 Å². The molecular formula is C11H17N5O. The van der Waals surface area contributed by atoms with Crippen LogP contribution >= 0.6 is 0 Å². The van der Waals surface area contributed by atoms with Crippen molar-refractivity contribution in [2.75, 3.05) is 7.05 Å². The van der Waals surface area contributed by atoms with E-state index in [2.05, 4.69) is 29.2 Å². The Kier molecular flexibility index (Phi) is 3.23. The van der Waals surface area contributed by atoms with E-state index < -0.39 is 0 Å². The minimum atomic E-state index is -0.122. The number of nitrogens with one attached hydrogen (secondary N) is 1. The standard InChI is InChI=1S/C11H17N5O/c1-8(2)9(12-3)7-16-11(17)15-5-4-13-6-10(15)14-16/h4-6,8-9,12H,7H2,1-3H3. The van der Waals surface area contributed by atoms with Gasteiger partial charge in [-0.25, -0.2) is 13.9 Å². The van der Waals surface area contributed by atoms with E-state index in [1.165, 1.54) is 9.08 Å². The molecular weight excluding hydrogens is 218 g/mol. The van der Waals surface area contributed by atoms with E-state index in [1.54, 1.807) is 18.6 Å². The zero-order valence-corrected chi connectivity index (χ0v) is 10.3. The summed E-state index contributed by atoms with van der Waals surface area (Å²) in [6.07, 6.45) is 4.80. The lowest BCUT2D eigenvalue weighted by molar-refractivity contribution is 0.358. The Morgan fingerprint density at radius 3 is 2.82 bits per heavy atom. The van der Waals surface area contributed by atoms with E-state index >= 15 is 0 Å². The Hall–Kier alpha value is -1.69. The molecule has 2 aromatic heterocycles. The molecule has 0 aliphatic heterocycles. The van der Waals surface area contributed by atoms with Crippen molar-refractivity contribution in [3.8, 4) is 0 Å². The number of aromatic nitrogens is 4. The molecule has 2 aromatic rings. The van der Waals surface area contributed by atoms with E-state index in [9.17, 15) is 4.79 Å². The summed E-state index contributed by atoms with van der Waals surface area (Å²) in [5, 5.41) is 7.44. The van der Waals surface area contributed by atoms with Crippen molar-refractivity contribution in [3.05, 3.63) is 29.1 Å². The summed E-state index contributed by atoms with van der Waals surface area (Å²) in [6, 6.07) is 0.227. The summed E-state index contributed by atoms with van der Waals surface area (Å²) in [5.74, 6) is 0.440. The highest BCUT2D eigenvalue weighted by molar-refractivity contribution is 5.31. The third-order valence-electron chi connectivity index (χ3n) is 2.93. The van der Waals surface area contributed by atoms with Gasteiger partial charge in [0, 0.05) is 18.4 Å². The number of likely N-dealkylation sites (N-methyl/N-ethyl adjacent to an activating group) is 1. The average Bonchev–Trinajstić information content (AvgIpc) is 2.63. The van der Waals surface area contributed by atoms with Gasteiger partial charge in [-0.05, 0) is 13.0 Å². The molecule has 92 valence electrons. The highest BCUT2D eigenvalue weighted by atomic mass is 16.2. The number of rotatable bonds is 4. The monoisotopic (exact) mass is 235 g/mol. The fraction of sp³-hybridized carbons (Fsp3) is 0.545. The molecule has 2 heterocycles. The van der Waals surface area contributed by atoms with Crippen LogP contribution in [0.4, 0.5) is 0 Å². The number of hydrogen-bond acceptors (Lipinski definition) is 4. The van der Waals surface area contributed by atoms with E-state index in [0.29, 0.717) is 18.1 Å². The summed E-state index contributed by atoms with van der Waals surface area (Å²) < 4.78 is 2.98. The number of fused-ring (bicyclic) bond motifs is 1. The smallest absolute Gasteiger partial charge is 0.315 e. The van der Waals surface area contributed by atoms with Crippen molar-refractivity contribution in [1.29, 1.82) is 0 Å². The highest BCUT2D eigenvalue weighted by Crippen LogP contribution is 2.03. The van der Waals surface area contributed by atoms with E-state index in [-0.39, 0.29) is 11.7 Å². The van der Waals surface area contributed by atoms with Crippen molar-refractivity contribution >= 4 is 5.65 Å². The molecule has 0 aliphatic rings. The summed E-state index contributed by atoms with van der Waals surface area (Å²) in [7, 11) is 1.90. The Balaban J connectivity index is 2.36. The van der Waals surface area contributed by atoms with Crippen molar-refractivity contribution in [2.24, 2.45) is 5.92 Å². The predicted molar refractivity (Wildman–Crippen MR) is 64.9 cm³/mol. The maximum atomic E-state index is 12.0. The van der Waals surface area contributed by atoms with E-state index in [0.717, 1.165) is 0 Å². The molecule has 0 aromatic carbocycles. The van der Waals surface area contributed by atoms with Crippen molar-refractivity contribution in [3.63, 3.8) is 0 Å². The first-order valence-corrected chi connectivity index (χ1v) is 5.70. The molecule has 2 rings (SSSR count). The van der Waals surface area contributed by atoms with Gasteiger partial charge in [-0.3, -0.25) is 4.98 Å². The van der Waals surface area contributed by atoms with Crippen LogP contribution in [0.2, 0.25) is 0 Å². The molecule has 17 heavy (non-hydrogen) atoms. The molecule has 0 spiro atoms. The third-order valence-corrected chi connectivity index (χ3v) is 2.93. The van der Waals surface area contributed by atoms with Gasteiger partial charge in [0.2, 0.25) is 0 Å². The molecule has 6 nitrogen and oxygen atoms in total. The van der Waals surface area contributed by atoms with Gasteiger partial charge in [0.25, 0.3) is 0 Å². The molecule has 1 N–H and O–H groups in total. The topological polar surface area (TPSA) is 64.2 Å². The quantitative estimate of drug-likeness (QED) is 0.818. The van der Waals surface area contributed by atoms with Gasteiger partial charge < -0.3 is 5.32 Å². The lowest BCUT2D eigenvalue weighted by atomic mass is 10.1. The van der Waals surface area contributed by atoms with Gasteiger partial charge in [0.15, 0.2) is 5.65 Å². The molecule has 0 fully saturated rings. The predicted octanol–water partition coefficient (Wildman–Crippen LogP) is 0.135. The maximum absolute atomic E-state index is 12.0. The van der Waals surface area contributed by atoms with Crippen LogP contribution in [-0.2, 0) is 6.54 Å². The fourth-order valence-corrected chi connectivity index (χ4v) is 1.82. The zero-order chi connectivity index (χ0) is 12.4. The number of nitrogens with zero attached hydrogens (tertiary/aromatic N) is 4. The number of hydrogen-bond donors (Lipinski definition) is 1. The lowest BCUT2D eigenvalue weighted by Crippen LogP contribution is -2.38. The first-order valence-electron chi connectivity index (χ1n) is 5.70. The largest absolute Gasteiger partial charge is 0.350 e. The maximum Gasteiger partial charge on any atom is 0.350 e. The summed E-state index contributed by atoms with van der Waals surface area (Å²) >= 11 is 0. The average molecular weight is 235 g/mol. The summed E-state index contributed by atoms with van der Waals surface area (Å²) in [5.41, 5.74) is 0.458. The van der Waals surface area contributed by atoms with Crippen LogP contribution in [0.1, 0.15) is 13.8 Å². The molecule has 0 amide bonds. The van der Waals surface area contributed by atoms with Gasteiger partial charge in [-0.15, -0.1) is 5.10 Å². The third kappa shape index (κ3) is 2.21. The van der Waals surface area contributed by atoms with Crippen LogP contribution in [0.5, 0.6) is 0 Å². The molecule has 1 unspecified atom stereocenters.